The van der Waals surface area contributed by atoms with E-state index in [4.69, 9.17) is 0 Å². The molecule has 3 rings (SSSR count). The number of fused-ring (bicyclic) bond motifs is 1. The van der Waals surface area contributed by atoms with Gasteiger partial charge >= 0.3 is 0 Å². The Labute approximate surface area is 139 Å². The minimum absolute atomic E-state index is 0.0424. The Morgan fingerprint density at radius 1 is 1.22 bits per heavy atom. The molecular formula is C19H28N2O2. The molecule has 1 N–H and O–H groups in total. The molecule has 0 radical (unpaired) electrons. The number of aryl methyl sites for hydroxylation is 1. The molecule has 1 fully saturated rings. The van der Waals surface area contributed by atoms with Crippen molar-refractivity contribution >= 4 is 5.91 Å². The lowest BCUT2D eigenvalue weighted by atomic mass is 9.82. The van der Waals surface area contributed by atoms with Crippen LogP contribution in [0.1, 0.15) is 43.7 Å². The highest BCUT2D eigenvalue weighted by molar-refractivity contribution is 5.84. The fourth-order valence-electron chi connectivity index (χ4n) is 3.90. The van der Waals surface area contributed by atoms with Gasteiger partial charge in [-0.3, -0.25) is 9.69 Å². The lowest BCUT2D eigenvalue weighted by Gasteiger charge is -2.39. The Morgan fingerprint density at radius 2 is 1.91 bits per heavy atom. The largest absolute Gasteiger partial charge is 0.389 e. The average Bonchev–Trinajstić information content (AvgIpc) is 2.53. The number of rotatable bonds is 3. The monoisotopic (exact) mass is 316 g/mol. The Kier molecular flexibility index (Phi) is 4.74. The van der Waals surface area contributed by atoms with E-state index in [9.17, 15) is 9.90 Å². The van der Waals surface area contributed by atoms with Crippen LogP contribution in [0.5, 0.6) is 0 Å². The van der Waals surface area contributed by atoms with Gasteiger partial charge in [0.15, 0.2) is 0 Å². The van der Waals surface area contributed by atoms with E-state index >= 15 is 0 Å². The Balaban J connectivity index is 1.62. The molecule has 126 valence electrons. The standard InChI is InChI=1S/C19H28N2O2/c1-19(2,23)14-20-10-12-21(13-11-20)18(22)17-9-5-7-15-6-3-4-8-16(15)17/h3-4,6,8,17,23H,5,7,9-14H2,1-2H3/t17-/m0/s1. The van der Waals surface area contributed by atoms with Crippen LogP contribution < -0.4 is 0 Å². The van der Waals surface area contributed by atoms with Gasteiger partial charge in [-0.2, -0.15) is 0 Å². The summed E-state index contributed by atoms with van der Waals surface area (Å²) < 4.78 is 0. The number of amides is 1. The van der Waals surface area contributed by atoms with Crippen molar-refractivity contribution in [3.8, 4) is 0 Å². The van der Waals surface area contributed by atoms with Crippen LogP contribution in [0.25, 0.3) is 0 Å². The van der Waals surface area contributed by atoms with Gasteiger partial charge in [-0.1, -0.05) is 24.3 Å². The Bertz CT molecular complexity index is 557. The van der Waals surface area contributed by atoms with E-state index in [0.29, 0.717) is 12.5 Å². The molecule has 1 saturated heterocycles. The number of hydrogen-bond acceptors (Lipinski definition) is 3. The Hall–Kier alpha value is -1.39. The van der Waals surface area contributed by atoms with Crippen molar-refractivity contribution in [3.05, 3.63) is 35.4 Å². The summed E-state index contributed by atoms with van der Waals surface area (Å²) in [7, 11) is 0. The molecule has 4 heteroatoms. The first-order chi connectivity index (χ1) is 10.9. The third-order valence-electron chi connectivity index (χ3n) is 4.96. The van der Waals surface area contributed by atoms with E-state index in [-0.39, 0.29) is 5.92 Å². The number of benzene rings is 1. The summed E-state index contributed by atoms with van der Waals surface area (Å²) in [5, 5.41) is 9.94. The molecular weight excluding hydrogens is 288 g/mol. The molecule has 0 bridgehead atoms. The van der Waals surface area contributed by atoms with E-state index in [1.54, 1.807) is 0 Å². The van der Waals surface area contributed by atoms with Gasteiger partial charge in [0, 0.05) is 32.7 Å². The molecule has 0 saturated carbocycles. The second-order valence-electron chi connectivity index (χ2n) is 7.56. The molecule has 0 unspecified atom stereocenters. The normalized spacial score (nSPS) is 22.7. The highest BCUT2D eigenvalue weighted by atomic mass is 16.3. The van der Waals surface area contributed by atoms with Gasteiger partial charge in [-0.05, 0) is 44.2 Å². The first-order valence-corrected chi connectivity index (χ1v) is 8.75. The smallest absolute Gasteiger partial charge is 0.230 e. The van der Waals surface area contributed by atoms with Gasteiger partial charge in [0.25, 0.3) is 0 Å². The second kappa shape index (κ2) is 6.62. The van der Waals surface area contributed by atoms with E-state index in [1.165, 1.54) is 11.1 Å². The first kappa shape index (κ1) is 16.5. The van der Waals surface area contributed by atoms with Crippen molar-refractivity contribution in [2.45, 2.75) is 44.6 Å². The summed E-state index contributed by atoms with van der Waals surface area (Å²) in [5.74, 6) is 0.334. The van der Waals surface area contributed by atoms with E-state index < -0.39 is 5.60 Å². The van der Waals surface area contributed by atoms with Crippen LogP contribution in [-0.4, -0.2) is 59.1 Å². The fraction of sp³-hybridized carbons (Fsp3) is 0.632. The molecule has 1 aromatic rings. The third kappa shape index (κ3) is 3.93. The summed E-state index contributed by atoms with van der Waals surface area (Å²) in [6, 6.07) is 8.41. The molecule has 2 aliphatic rings. The molecule has 1 aliphatic heterocycles. The number of carbonyl (C=O) groups excluding carboxylic acids is 1. The molecule has 1 atom stereocenters. The molecule has 1 aromatic carbocycles. The summed E-state index contributed by atoms with van der Waals surface area (Å²) >= 11 is 0. The van der Waals surface area contributed by atoms with Crippen molar-refractivity contribution in [3.63, 3.8) is 0 Å². The zero-order chi connectivity index (χ0) is 16.4. The topological polar surface area (TPSA) is 43.8 Å². The number of nitrogens with zero attached hydrogens (tertiary/aromatic N) is 2. The number of carbonyl (C=O) groups is 1. The van der Waals surface area contributed by atoms with Crippen LogP contribution in [0, 0.1) is 0 Å². The van der Waals surface area contributed by atoms with Crippen LogP contribution >= 0.6 is 0 Å². The number of β-amino-alcohol motifs (C(OH)–C–C–N with tert-alkyl or cyclic N) is 1. The minimum Gasteiger partial charge on any atom is -0.389 e. The third-order valence-corrected chi connectivity index (χ3v) is 4.96. The van der Waals surface area contributed by atoms with Crippen LogP contribution in [0.15, 0.2) is 24.3 Å². The molecule has 4 nitrogen and oxygen atoms in total. The minimum atomic E-state index is -0.672. The molecule has 0 aromatic heterocycles. The van der Waals surface area contributed by atoms with Crippen LogP contribution in [0.4, 0.5) is 0 Å². The molecule has 1 amide bonds. The lowest BCUT2D eigenvalue weighted by Crippen LogP contribution is -2.53. The molecule has 1 aliphatic carbocycles. The van der Waals surface area contributed by atoms with E-state index in [2.05, 4.69) is 23.1 Å². The van der Waals surface area contributed by atoms with Crippen LogP contribution in [0.3, 0.4) is 0 Å². The SMILES string of the molecule is CC(C)(O)CN1CCN(C(=O)[C@H]2CCCc3ccccc32)CC1. The predicted octanol–water partition coefficient (Wildman–Crippen LogP) is 2.02. The van der Waals surface area contributed by atoms with Crippen molar-refractivity contribution in [1.29, 1.82) is 0 Å². The highest BCUT2D eigenvalue weighted by Crippen LogP contribution is 2.33. The average molecular weight is 316 g/mol. The Morgan fingerprint density at radius 3 is 2.61 bits per heavy atom. The van der Waals surface area contributed by atoms with Gasteiger partial charge in [0.05, 0.1) is 11.5 Å². The van der Waals surface area contributed by atoms with E-state index in [0.717, 1.165) is 45.4 Å². The maximum absolute atomic E-state index is 13.0. The molecule has 0 spiro atoms. The van der Waals surface area contributed by atoms with Gasteiger partial charge in [-0.25, -0.2) is 0 Å². The zero-order valence-corrected chi connectivity index (χ0v) is 14.3. The van der Waals surface area contributed by atoms with Crippen LogP contribution in [-0.2, 0) is 11.2 Å². The molecule has 23 heavy (non-hydrogen) atoms. The van der Waals surface area contributed by atoms with Gasteiger partial charge in [0.2, 0.25) is 5.91 Å². The zero-order valence-electron chi connectivity index (χ0n) is 14.3. The quantitative estimate of drug-likeness (QED) is 0.928. The predicted molar refractivity (Wildman–Crippen MR) is 91.4 cm³/mol. The first-order valence-electron chi connectivity index (χ1n) is 8.75. The van der Waals surface area contributed by atoms with Gasteiger partial charge in [0.1, 0.15) is 0 Å². The maximum atomic E-state index is 13.0. The number of hydrogen-bond donors (Lipinski definition) is 1. The lowest BCUT2D eigenvalue weighted by molar-refractivity contribution is -0.135. The summed E-state index contributed by atoms with van der Waals surface area (Å²) in [6.45, 7) is 7.59. The highest BCUT2D eigenvalue weighted by Gasteiger charge is 2.32. The van der Waals surface area contributed by atoms with Gasteiger partial charge < -0.3 is 10.0 Å². The van der Waals surface area contributed by atoms with Crippen molar-refractivity contribution in [1.82, 2.24) is 9.80 Å². The summed E-state index contributed by atoms with van der Waals surface area (Å²) in [5.41, 5.74) is 1.91. The fourth-order valence-corrected chi connectivity index (χ4v) is 3.90. The van der Waals surface area contributed by atoms with Crippen molar-refractivity contribution in [2.24, 2.45) is 0 Å². The van der Waals surface area contributed by atoms with Crippen molar-refractivity contribution in [2.75, 3.05) is 32.7 Å². The van der Waals surface area contributed by atoms with E-state index in [1.807, 2.05) is 24.8 Å². The van der Waals surface area contributed by atoms with Gasteiger partial charge in [-0.15, -0.1) is 0 Å². The number of piperazine rings is 1. The number of aliphatic hydroxyl groups is 1. The summed E-state index contributed by atoms with van der Waals surface area (Å²) in [4.78, 5) is 17.2. The maximum Gasteiger partial charge on any atom is 0.230 e. The molecule has 1 heterocycles. The second-order valence-corrected chi connectivity index (χ2v) is 7.56. The summed E-state index contributed by atoms with van der Waals surface area (Å²) in [6.07, 6.45) is 3.17. The van der Waals surface area contributed by atoms with Crippen LogP contribution in [0.2, 0.25) is 0 Å². The van der Waals surface area contributed by atoms with Crippen molar-refractivity contribution < 1.29 is 9.90 Å².